The summed E-state index contributed by atoms with van der Waals surface area (Å²) >= 11 is 0. The maximum Gasteiger partial charge on any atom is 0.268 e. The number of carbonyl (C=O) groups excluding carboxylic acids is 2. The highest BCUT2D eigenvalue weighted by Crippen LogP contribution is 2.26. The first kappa shape index (κ1) is 16.0. The highest BCUT2D eigenvalue weighted by Gasteiger charge is 2.27. The number of aromatic amines is 1. The molecule has 1 amide bonds. The lowest BCUT2D eigenvalue weighted by atomic mass is 9.94. The topological polar surface area (TPSA) is 74.0 Å². The van der Waals surface area contributed by atoms with Gasteiger partial charge in [-0.2, -0.15) is 0 Å². The lowest BCUT2D eigenvalue weighted by molar-refractivity contribution is 0.0925. The maximum absolute atomic E-state index is 12.4. The molecule has 1 fully saturated rings. The van der Waals surface area contributed by atoms with E-state index in [1.54, 1.807) is 0 Å². The molecule has 0 unspecified atom stereocenters. The molecule has 2 heterocycles. The summed E-state index contributed by atoms with van der Waals surface area (Å²) in [5.74, 6) is 0.0804. The second kappa shape index (κ2) is 6.62. The Balaban J connectivity index is 0.00000161. The van der Waals surface area contributed by atoms with Crippen molar-refractivity contribution in [3.63, 3.8) is 0 Å². The summed E-state index contributed by atoms with van der Waals surface area (Å²) < 4.78 is 0. The summed E-state index contributed by atoms with van der Waals surface area (Å²) in [6.07, 6.45) is 4.43. The van der Waals surface area contributed by atoms with Gasteiger partial charge >= 0.3 is 0 Å². The number of ketones is 1. The number of fused-ring (bicyclic) bond motifs is 1. The van der Waals surface area contributed by atoms with Crippen LogP contribution in [-0.4, -0.2) is 35.8 Å². The van der Waals surface area contributed by atoms with Crippen LogP contribution in [0.3, 0.4) is 0 Å². The van der Waals surface area contributed by atoms with E-state index in [4.69, 9.17) is 0 Å². The molecule has 1 atom stereocenters. The van der Waals surface area contributed by atoms with E-state index in [1.807, 2.05) is 6.92 Å². The fourth-order valence-corrected chi connectivity index (χ4v) is 3.23. The monoisotopic (exact) mass is 311 g/mol. The second-order valence-electron chi connectivity index (χ2n) is 5.77. The minimum atomic E-state index is -0.0848. The Labute approximate surface area is 130 Å². The van der Waals surface area contributed by atoms with Gasteiger partial charge in [0, 0.05) is 30.3 Å². The van der Waals surface area contributed by atoms with Crippen molar-refractivity contribution < 1.29 is 9.59 Å². The van der Waals surface area contributed by atoms with Crippen LogP contribution >= 0.6 is 12.4 Å². The van der Waals surface area contributed by atoms with Crippen LogP contribution in [0.2, 0.25) is 0 Å². The first-order chi connectivity index (χ1) is 9.66. The van der Waals surface area contributed by atoms with Crippen LogP contribution in [0.15, 0.2) is 0 Å². The molecule has 21 heavy (non-hydrogen) atoms. The van der Waals surface area contributed by atoms with Gasteiger partial charge < -0.3 is 15.6 Å². The molecule has 5 nitrogen and oxygen atoms in total. The zero-order chi connectivity index (χ0) is 14.1. The Morgan fingerprint density at radius 2 is 2.10 bits per heavy atom. The molecule has 1 aromatic rings. The average Bonchev–Trinajstić information content (AvgIpc) is 2.79. The number of nitrogens with one attached hydrogen (secondary N) is 3. The van der Waals surface area contributed by atoms with Gasteiger partial charge in [0.15, 0.2) is 5.78 Å². The molecular weight excluding hydrogens is 290 g/mol. The number of hydrogen-bond acceptors (Lipinski definition) is 3. The smallest absolute Gasteiger partial charge is 0.268 e. The molecule has 3 N–H and O–H groups in total. The normalized spacial score (nSPS) is 21.4. The van der Waals surface area contributed by atoms with Crippen LogP contribution in [0.4, 0.5) is 0 Å². The molecule has 116 valence electrons. The Morgan fingerprint density at radius 1 is 1.29 bits per heavy atom. The summed E-state index contributed by atoms with van der Waals surface area (Å²) in [5, 5.41) is 6.34. The van der Waals surface area contributed by atoms with Gasteiger partial charge in [-0.15, -0.1) is 12.4 Å². The van der Waals surface area contributed by atoms with E-state index in [0.29, 0.717) is 12.1 Å². The predicted octanol–water partition coefficient (Wildman–Crippen LogP) is 1.75. The summed E-state index contributed by atoms with van der Waals surface area (Å²) in [4.78, 5) is 27.5. The van der Waals surface area contributed by atoms with Crippen molar-refractivity contribution >= 4 is 24.1 Å². The van der Waals surface area contributed by atoms with Gasteiger partial charge in [-0.25, -0.2) is 0 Å². The fraction of sp³-hybridized carbons (Fsp3) is 0.600. The zero-order valence-corrected chi connectivity index (χ0v) is 13.1. The number of aromatic nitrogens is 1. The van der Waals surface area contributed by atoms with E-state index >= 15 is 0 Å². The molecule has 1 aromatic heterocycles. The predicted molar refractivity (Wildman–Crippen MR) is 83.4 cm³/mol. The lowest BCUT2D eigenvalue weighted by Gasteiger charge is -2.23. The van der Waals surface area contributed by atoms with Gasteiger partial charge in [-0.1, -0.05) is 0 Å². The highest BCUT2D eigenvalue weighted by atomic mass is 35.5. The SMILES string of the molecule is Cc1c(C(=O)N[C@H]2CCCNC2)[nH]c2c1C(=O)CCC2.Cl. The zero-order valence-electron chi connectivity index (χ0n) is 12.3. The summed E-state index contributed by atoms with van der Waals surface area (Å²) in [6, 6.07) is 0.187. The first-order valence-electron chi connectivity index (χ1n) is 7.43. The number of amides is 1. The third-order valence-corrected chi connectivity index (χ3v) is 4.30. The van der Waals surface area contributed by atoms with E-state index in [9.17, 15) is 9.59 Å². The van der Waals surface area contributed by atoms with Crippen LogP contribution in [-0.2, 0) is 6.42 Å². The number of hydrogen-bond donors (Lipinski definition) is 3. The van der Waals surface area contributed by atoms with Crippen LogP contribution in [0.25, 0.3) is 0 Å². The van der Waals surface area contributed by atoms with Crippen molar-refractivity contribution in [2.45, 2.75) is 45.1 Å². The molecule has 0 bridgehead atoms. The average molecular weight is 312 g/mol. The molecule has 2 aliphatic rings. The second-order valence-corrected chi connectivity index (χ2v) is 5.77. The van der Waals surface area contributed by atoms with Gasteiger partial charge in [-0.3, -0.25) is 9.59 Å². The maximum atomic E-state index is 12.4. The Morgan fingerprint density at radius 3 is 2.76 bits per heavy atom. The number of aryl methyl sites for hydroxylation is 1. The molecule has 1 aliphatic carbocycles. The third kappa shape index (κ3) is 3.14. The quantitative estimate of drug-likeness (QED) is 0.779. The van der Waals surface area contributed by atoms with Crippen LogP contribution in [0.5, 0.6) is 0 Å². The molecule has 1 saturated heterocycles. The number of Topliss-reactive ketones (excluding diaryl/α,β-unsaturated/α-hetero) is 1. The Kier molecular flexibility index (Phi) is 5.06. The van der Waals surface area contributed by atoms with Crippen molar-refractivity contribution in [2.75, 3.05) is 13.1 Å². The minimum Gasteiger partial charge on any atom is -0.354 e. The molecule has 3 rings (SSSR count). The molecule has 0 saturated carbocycles. The van der Waals surface area contributed by atoms with Crippen molar-refractivity contribution in [2.24, 2.45) is 0 Å². The fourth-order valence-electron chi connectivity index (χ4n) is 3.23. The van der Waals surface area contributed by atoms with E-state index in [-0.39, 0.29) is 30.1 Å². The van der Waals surface area contributed by atoms with Crippen LogP contribution in [0, 0.1) is 6.92 Å². The van der Waals surface area contributed by atoms with Gasteiger partial charge in [0.1, 0.15) is 5.69 Å². The molecule has 1 aliphatic heterocycles. The Hall–Kier alpha value is -1.33. The highest BCUT2D eigenvalue weighted by molar-refractivity contribution is 6.04. The largest absolute Gasteiger partial charge is 0.354 e. The number of rotatable bonds is 2. The van der Waals surface area contributed by atoms with E-state index in [0.717, 1.165) is 55.6 Å². The number of halogens is 1. The summed E-state index contributed by atoms with van der Waals surface area (Å²) in [7, 11) is 0. The van der Waals surface area contributed by atoms with Crippen molar-refractivity contribution in [3.05, 3.63) is 22.5 Å². The molecular formula is C15H22ClN3O2. The van der Waals surface area contributed by atoms with Gasteiger partial charge in [0.25, 0.3) is 5.91 Å². The van der Waals surface area contributed by atoms with E-state index < -0.39 is 0 Å². The first-order valence-corrected chi connectivity index (χ1v) is 7.43. The van der Waals surface area contributed by atoms with Gasteiger partial charge in [-0.05, 0) is 44.7 Å². The van der Waals surface area contributed by atoms with Crippen molar-refractivity contribution in [1.82, 2.24) is 15.6 Å². The van der Waals surface area contributed by atoms with Gasteiger partial charge in [0.05, 0.1) is 0 Å². The van der Waals surface area contributed by atoms with Crippen molar-refractivity contribution in [3.8, 4) is 0 Å². The van der Waals surface area contributed by atoms with Crippen LogP contribution < -0.4 is 10.6 Å². The number of H-pyrrole nitrogens is 1. The number of piperidine rings is 1. The van der Waals surface area contributed by atoms with Gasteiger partial charge in [0.2, 0.25) is 0 Å². The molecule has 0 spiro atoms. The molecule has 6 heteroatoms. The standard InChI is InChI=1S/C15H21N3O2.ClH/c1-9-13-11(5-2-6-12(13)19)18-14(9)15(20)17-10-4-3-7-16-8-10;/h10,16,18H,2-8H2,1H3,(H,17,20);1H/t10-;/m0./s1. The van der Waals surface area contributed by atoms with Crippen LogP contribution in [0.1, 0.15) is 57.8 Å². The minimum absolute atomic E-state index is 0. The van der Waals surface area contributed by atoms with Crippen molar-refractivity contribution in [1.29, 1.82) is 0 Å². The molecule has 0 aromatic carbocycles. The Bertz CT molecular complexity index is 547. The van der Waals surface area contributed by atoms with E-state index in [1.165, 1.54) is 0 Å². The van der Waals surface area contributed by atoms with E-state index in [2.05, 4.69) is 15.6 Å². The summed E-state index contributed by atoms with van der Waals surface area (Å²) in [6.45, 7) is 3.72. The third-order valence-electron chi connectivity index (χ3n) is 4.30. The lowest BCUT2D eigenvalue weighted by Crippen LogP contribution is -2.45. The summed E-state index contributed by atoms with van der Waals surface area (Å²) in [5.41, 5.74) is 3.07. The molecule has 0 radical (unpaired) electrons. The number of carbonyl (C=O) groups is 2.